The fraction of sp³-hybridized carbons (Fsp3) is 0.929. The molecule has 5 nitrogen and oxygen atoms in total. The first-order valence-electron chi connectivity index (χ1n) is 7.66. The number of nitrogens with one attached hydrogen (secondary N) is 1. The lowest BCUT2D eigenvalue weighted by atomic mass is 10.1. The molecule has 0 spiro atoms. The molecule has 108 valence electrons. The van der Waals surface area contributed by atoms with Crippen molar-refractivity contribution in [1.82, 2.24) is 10.2 Å². The smallest absolute Gasteiger partial charge is 0.230 e. The predicted molar refractivity (Wildman–Crippen MR) is 74.1 cm³/mol. The van der Waals surface area contributed by atoms with E-state index in [1.807, 2.05) is 0 Å². The number of rotatable bonds is 3. The van der Waals surface area contributed by atoms with Gasteiger partial charge in [0.15, 0.2) is 12.2 Å². The standard InChI is InChI=1S/C14H25N3O2/c1-11-13(10-17-7-3-2-4-8-17)18-14(16-19-11)12-5-6-15-9-12/h11-13,15H,2-10H2,1H3. The highest BCUT2D eigenvalue weighted by Crippen LogP contribution is 2.21. The highest BCUT2D eigenvalue weighted by Gasteiger charge is 2.33. The van der Waals surface area contributed by atoms with Crippen molar-refractivity contribution < 1.29 is 9.57 Å². The van der Waals surface area contributed by atoms with Crippen LogP contribution in [-0.4, -0.2) is 55.7 Å². The van der Waals surface area contributed by atoms with Crippen molar-refractivity contribution in [2.24, 2.45) is 11.1 Å². The number of piperidine rings is 1. The van der Waals surface area contributed by atoms with Crippen molar-refractivity contribution in [1.29, 1.82) is 0 Å². The number of oxime groups is 1. The molecule has 2 fully saturated rings. The largest absolute Gasteiger partial charge is 0.470 e. The molecule has 19 heavy (non-hydrogen) atoms. The fourth-order valence-electron chi connectivity index (χ4n) is 3.09. The zero-order valence-corrected chi connectivity index (χ0v) is 11.8. The predicted octanol–water partition coefficient (Wildman–Crippen LogP) is 1.20. The summed E-state index contributed by atoms with van der Waals surface area (Å²) in [6.07, 6.45) is 5.29. The molecule has 0 saturated carbocycles. The molecule has 5 heteroatoms. The van der Waals surface area contributed by atoms with Crippen LogP contribution in [0.2, 0.25) is 0 Å². The molecule has 3 aliphatic rings. The van der Waals surface area contributed by atoms with Gasteiger partial charge in [-0.25, -0.2) is 0 Å². The third kappa shape index (κ3) is 3.20. The monoisotopic (exact) mass is 267 g/mol. The SMILES string of the molecule is CC1ON=C(C2CCNC2)OC1CN1CCCCC1. The fourth-order valence-corrected chi connectivity index (χ4v) is 3.09. The summed E-state index contributed by atoms with van der Waals surface area (Å²) in [5, 5.41) is 7.52. The summed E-state index contributed by atoms with van der Waals surface area (Å²) in [7, 11) is 0. The van der Waals surface area contributed by atoms with Gasteiger partial charge in [0.2, 0.25) is 5.90 Å². The van der Waals surface area contributed by atoms with Gasteiger partial charge in [0, 0.05) is 13.1 Å². The Labute approximate surface area is 115 Å². The van der Waals surface area contributed by atoms with Gasteiger partial charge in [0.25, 0.3) is 0 Å². The van der Waals surface area contributed by atoms with Gasteiger partial charge in [0.1, 0.15) is 0 Å². The molecule has 3 rings (SSSR count). The van der Waals surface area contributed by atoms with E-state index in [2.05, 4.69) is 22.3 Å². The number of ether oxygens (including phenoxy) is 1. The molecule has 0 aliphatic carbocycles. The van der Waals surface area contributed by atoms with Crippen LogP contribution < -0.4 is 5.32 Å². The molecule has 3 aliphatic heterocycles. The summed E-state index contributed by atoms with van der Waals surface area (Å²) in [5.41, 5.74) is 0. The van der Waals surface area contributed by atoms with E-state index < -0.39 is 0 Å². The zero-order chi connectivity index (χ0) is 13.1. The first-order valence-corrected chi connectivity index (χ1v) is 7.66. The average Bonchev–Trinajstić information content (AvgIpc) is 2.96. The van der Waals surface area contributed by atoms with Gasteiger partial charge in [0.05, 0.1) is 5.92 Å². The lowest BCUT2D eigenvalue weighted by Crippen LogP contribution is -2.46. The molecule has 0 aromatic carbocycles. The number of likely N-dealkylation sites (tertiary alicyclic amines) is 1. The highest BCUT2D eigenvalue weighted by molar-refractivity contribution is 5.79. The van der Waals surface area contributed by atoms with Crippen molar-refractivity contribution in [3.63, 3.8) is 0 Å². The van der Waals surface area contributed by atoms with E-state index in [1.165, 1.54) is 32.4 Å². The summed E-state index contributed by atoms with van der Waals surface area (Å²) in [4.78, 5) is 8.07. The minimum Gasteiger partial charge on any atom is -0.470 e. The first kappa shape index (κ1) is 13.2. The molecular weight excluding hydrogens is 242 g/mol. The van der Waals surface area contributed by atoms with Crippen LogP contribution in [0, 0.1) is 5.92 Å². The normalized spacial score (nSPS) is 36.5. The van der Waals surface area contributed by atoms with Gasteiger partial charge in [-0.1, -0.05) is 11.6 Å². The van der Waals surface area contributed by atoms with Gasteiger partial charge in [-0.2, -0.15) is 0 Å². The molecule has 0 radical (unpaired) electrons. The Morgan fingerprint density at radius 1 is 1.32 bits per heavy atom. The summed E-state index contributed by atoms with van der Waals surface area (Å²) < 4.78 is 6.13. The maximum atomic E-state index is 6.13. The molecule has 0 bridgehead atoms. The third-order valence-corrected chi connectivity index (χ3v) is 4.40. The molecule has 2 saturated heterocycles. The minimum atomic E-state index is 0.0556. The lowest BCUT2D eigenvalue weighted by Gasteiger charge is -2.35. The number of hydrogen-bond donors (Lipinski definition) is 1. The Hall–Kier alpha value is -0.810. The van der Waals surface area contributed by atoms with E-state index >= 15 is 0 Å². The highest BCUT2D eigenvalue weighted by atomic mass is 16.7. The van der Waals surface area contributed by atoms with E-state index in [0.29, 0.717) is 5.92 Å². The molecular formula is C14H25N3O2. The van der Waals surface area contributed by atoms with Crippen LogP contribution in [-0.2, 0) is 9.57 Å². The van der Waals surface area contributed by atoms with Gasteiger partial charge in [-0.3, -0.25) is 4.90 Å². The lowest BCUT2D eigenvalue weighted by molar-refractivity contribution is -0.0673. The number of hydrogen-bond acceptors (Lipinski definition) is 5. The van der Waals surface area contributed by atoms with Gasteiger partial charge in [-0.15, -0.1) is 0 Å². The summed E-state index contributed by atoms with van der Waals surface area (Å²) in [5.74, 6) is 1.21. The molecule has 1 N–H and O–H groups in total. The molecule has 0 aromatic rings. The molecule has 3 atom stereocenters. The van der Waals surface area contributed by atoms with Crippen LogP contribution >= 0.6 is 0 Å². The summed E-state index contributed by atoms with van der Waals surface area (Å²) in [6, 6.07) is 0. The summed E-state index contributed by atoms with van der Waals surface area (Å²) >= 11 is 0. The van der Waals surface area contributed by atoms with Crippen molar-refractivity contribution in [3.05, 3.63) is 0 Å². The number of nitrogens with zero attached hydrogens (tertiary/aromatic N) is 2. The Morgan fingerprint density at radius 2 is 2.16 bits per heavy atom. The van der Waals surface area contributed by atoms with Gasteiger partial charge in [-0.05, 0) is 45.8 Å². The summed E-state index contributed by atoms with van der Waals surface area (Å²) in [6.45, 7) is 7.45. The van der Waals surface area contributed by atoms with E-state index in [4.69, 9.17) is 9.57 Å². The average molecular weight is 267 g/mol. The maximum Gasteiger partial charge on any atom is 0.230 e. The Morgan fingerprint density at radius 3 is 2.89 bits per heavy atom. The Bertz CT molecular complexity index is 323. The van der Waals surface area contributed by atoms with Crippen LogP contribution in [0.4, 0.5) is 0 Å². The van der Waals surface area contributed by atoms with Crippen molar-refractivity contribution in [2.45, 2.75) is 44.8 Å². The van der Waals surface area contributed by atoms with E-state index in [1.54, 1.807) is 0 Å². The molecule has 0 amide bonds. The topological polar surface area (TPSA) is 46.1 Å². The van der Waals surface area contributed by atoms with Crippen molar-refractivity contribution >= 4 is 5.90 Å². The third-order valence-electron chi connectivity index (χ3n) is 4.40. The van der Waals surface area contributed by atoms with Crippen LogP contribution in [0.5, 0.6) is 0 Å². The van der Waals surface area contributed by atoms with Crippen molar-refractivity contribution in [2.75, 3.05) is 32.7 Å². The second kappa shape index (κ2) is 6.09. The van der Waals surface area contributed by atoms with E-state index in [0.717, 1.165) is 32.0 Å². The second-order valence-electron chi connectivity index (χ2n) is 5.95. The molecule has 3 heterocycles. The second-order valence-corrected chi connectivity index (χ2v) is 5.95. The minimum absolute atomic E-state index is 0.0556. The maximum absolute atomic E-state index is 6.13. The van der Waals surface area contributed by atoms with Gasteiger partial charge < -0.3 is 14.9 Å². The van der Waals surface area contributed by atoms with E-state index in [9.17, 15) is 0 Å². The van der Waals surface area contributed by atoms with Gasteiger partial charge >= 0.3 is 0 Å². The van der Waals surface area contributed by atoms with Crippen LogP contribution in [0.1, 0.15) is 32.6 Å². The first-order chi connectivity index (χ1) is 9.33. The zero-order valence-electron chi connectivity index (χ0n) is 11.8. The Kier molecular flexibility index (Phi) is 4.23. The Balaban J connectivity index is 1.56. The van der Waals surface area contributed by atoms with Crippen molar-refractivity contribution in [3.8, 4) is 0 Å². The molecule has 0 aromatic heterocycles. The quantitative estimate of drug-likeness (QED) is 0.834. The van der Waals surface area contributed by atoms with Crippen LogP contribution in [0.15, 0.2) is 5.16 Å². The molecule has 3 unspecified atom stereocenters. The van der Waals surface area contributed by atoms with Crippen LogP contribution in [0.3, 0.4) is 0 Å². The van der Waals surface area contributed by atoms with E-state index in [-0.39, 0.29) is 12.2 Å². The van der Waals surface area contributed by atoms with Crippen LogP contribution in [0.25, 0.3) is 0 Å².